The molecule has 12 heteroatoms. The predicted octanol–water partition coefficient (Wildman–Crippen LogP) is -0.566. The fourth-order valence-corrected chi connectivity index (χ4v) is 3.20. The van der Waals surface area contributed by atoms with Crippen molar-refractivity contribution in [3.8, 4) is 0 Å². The van der Waals surface area contributed by atoms with Crippen molar-refractivity contribution in [3.63, 3.8) is 0 Å². The summed E-state index contributed by atoms with van der Waals surface area (Å²) in [5, 5.41) is 45.3. The van der Waals surface area contributed by atoms with Crippen molar-refractivity contribution >= 4 is 17.7 Å². The molecule has 1 saturated heterocycles. The smallest absolute Gasteiger partial charge is 0.357 e. The average molecular weight is 351 g/mol. The zero-order valence-corrected chi connectivity index (χ0v) is 13.7. The summed E-state index contributed by atoms with van der Waals surface area (Å²) in [5.41, 5.74) is -1.05. The van der Waals surface area contributed by atoms with E-state index in [1.807, 2.05) is 24.6 Å². The maximum atomic E-state index is 11.6. The van der Waals surface area contributed by atoms with Crippen LogP contribution < -0.4 is 0 Å². The highest BCUT2D eigenvalue weighted by atomic mass is 16.8. The SMILES string of the molecule is CC(C)(C=[N+]1CCOCC1)C1C(=[N+]([O-])[O-])C=C([N+](=O)[O-])n2nnnc21. The topological polar surface area (TPSA) is 148 Å². The number of nitrogens with zero attached hydrogens (tertiary/aromatic N) is 7. The number of tetrazole rings is 1. The Balaban J connectivity index is 2.11. The molecule has 1 atom stereocenters. The van der Waals surface area contributed by atoms with Gasteiger partial charge in [0.25, 0.3) is 5.82 Å². The highest BCUT2D eigenvalue weighted by Crippen LogP contribution is 2.38. The van der Waals surface area contributed by atoms with Gasteiger partial charge in [-0.25, -0.2) is 4.58 Å². The van der Waals surface area contributed by atoms with Crippen molar-refractivity contribution < 1.29 is 19.1 Å². The minimum absolute atomic E-state index is 0.0791. The summed E-state index contributed by atoms with van der Waals surface area (Å²) < 4.78 is 8.29. The van der Waals surface area contributed by atoms with E-state index in [0.29, 0.717) is 26.3 Å². The minimum Gasteiger partial charge on any atom is -0.612 e. The Morgan fingerprint density at radius 2 is 2.04 bits per heavy atom. The number of hydrogen-bond acceptors (Lipinski definition) is 8. The summed E-state index contributed by atoms with van der Waals surface area (Å²) in [4.78, 5) is 9.86. The van der Waals surface area contributed by atoms with E-state index in [1.165, 1.54) is 0 Å². The van der Waals surface area contributed by atoms with Crippen molar-refractivity contribution in [2.75, 3.05) is 26.3 Å². The summed E-state index contributed by atoms with van der Waals surface area (Å²) in [6.07, 6.45) is 2.83. The maximum absolute atomic E-state index is 11.6. The molecule has 3 heterocycles. The van der Waals surface area contributed by atoms with Crippen LogP contribution in [0.25, 0.3) is 5.82 Å². The Bertz CT molecular complexity index is 782. The van der Waals surface area contributed by atoms with E-state index in [4.69, 9.17) is 4.74 Å². The molecule has 25 heavy (non-hydrogen) atoms. The monoisotopic (exact) mass is 351 g/mol. The molecule has 0 bridgehead atoms. The molecule has 3 rings (SSSR count). The second-order valence-corrected chi connectivity index (χ2v) is 6.42. The van der Waals surface area contributed by atoms with E-state index in [2.05, 4.69) is 15.5 Å². The lowest BCUT2D eigenvalue weighted by molar-refractivity contribution is -0.548. The molecule has 0 N–H and O–H groups in total. The molecule has 2 aliphatic heterocycles. The first-order valence-corrected chi connectivity index (χ1v) is 7.65. The van der Waals surface area contributed by atoms with Crippen LogP contribution in [0.2, 0.25) is 0 Å². The number of morpholine rings is 1. The van der Waals surface area contributed by atoms with Crippen molar-refractivity contribution in [1.29, 1.82) is 0 Å². The van der Waals surface area contributed by atoms with Gasteiger partial charge in [-0.2, -0.15) is 4.90 Å². The number of nitro groups is 1. The van der Waals surface area contributed by atoms with Crippen LogP contribution in [0.3, 0.4) is 0 Å². The normalized spacial score (nSPS) is 20.7. The van der Waals surface area contributed by atoms with Gasteiger partial charge in [-0.3, -0.25) is 0 Å². The van der Waals surface area contributed by atoms with Crippen LogP contribution in [0.5, 0.6) is 0 Å². The highest BCUT2D eigenvalue weighted by Gasteiger charge is 2.50. The van der Waals surface area contributed by atoms with Crippen LogP contribution in [0.15, 0.2) is 6.08 Å². The molecule has 1 unspecified atom stereocenters. The number of rotatable bonds is 3. The van der Waals surface area contributed by atoms with Gasteiger partial charge in [-0.05, 0) is 24.0 Å². The molecule has 134 valence electrons. The second kappa shape index (κ2) is 6.20. The zero-order chi connectivity index (χ0) is 18.2. The fraction of sp³-hybridized carbons (Fsp3) is 0.615. The highest BCUT2D eigenvalue weighted by molar-refractivity contribution is 6.02. The third-order valence-corrected chi connectivity index (χ3v) is 4.24. The maximum Gasteiger partial charge on any atom is 0.357 e. The van der Waals surface area contributed by atoms with E-state index in [-0.39, 0.29) is 11.5 Å². The Morgan fingerprint density at radius 3 is 2.64 bits per heavy atom. The van der Waals surface area contributed by atoms with Crippen molar-refractivity contribution in [3.05, 3.63) is 32.4 Å². The van der Waals surface area contributed by atoms with Crippen LogP contribution in [0.4, 0.5) is 0 Å². The van der Waals surface area contributed by atoms with Crippen LogP contribution in [-0.2, 0) is 4.74 Å². The molecular weight excluding hydrogens is 334 g/mol. The summed E-state index contributed by atoms with van der Waals surface area (Å²) in [5.74, 6) is -1.29. The first-order chi connectivity index (χ1) is 11.8. The Kier molecular flexibility index (Phi) is 4.20. The standard InChI is InChI=1S/C13H17N7O5/c1-13(2,8-17-3-5-25-6-4-17)11-9(19(21)22)7-10(20(23)24)18-12(11)14-15-16-18/h7-8,11H,3-6H2,1-2H3. The Hall–Kier alpha value is -2.89. The fourth-order valence-electron chi connectivity index (χ4n) is 3.20. The third kappa shape index (κ3) is 3.07. The van der Waals surface area contributed by atoms with Crippen LogP contribution in [0.1, 0.15) is 25.6 Å². The number of aromatic nitrogens is 4. The average Bonchev–Trinajstić information content (AvgIpc) is 3.02. The van der Waals surface area contributed by atoms with Gasteiger partial charge < -0.3 is 25.3 Å². The molecule has 0 saturated carbocycles. The first-order valence-electron chi connectivity index (χ1n) is 7.65. The van der Waals surface area contributed by atoms with Crippen molar-refractivity contribution in [2.45, 2.75) is 19.8 Å². The first kappa shape index (κ1) is 17.0. The summed E-state index contributed by atoms with van der Waals surface area (Å²) in [6, 6.07) is 0. The van der Waals surface area contributed by atoms with E-state index in [1.54, 1.807) is 0 Å². The summed E-state index contributed by atoms with van der Waals surface area (Å²) >= 11 is 0. The summed E-state index contributed by atoms with van der Waals surface area (Å²) in [7, 11) is 0. The molecule has 0 spiro atoms. The van der Waals surface area contributed by atoms with Crippen LogP contribution in [-0.4, -0.2) is 72.8 Å². The molecular formula is C13H17N7O5. The van der Waals surface area contributed by atoms with Gasteiger partial charge >= 0.3 is 5.82 Å². The molecule has 0 aliphatic carbocycles. The van der Waals surface area contributed by atoms with Gasteiger partial charge in [-0.15, -0.1) is 0 Å². The van der Waals surface area contributed by atoms with Crippen molar-refractivity contribution in [1.82, 2.24) is 20.2 Å². The van der Waals surface area contributed by atoms with Gasteiger partial charge in [0.15, 0.2) is 13.1 Å². The van der Waals surface area contributed by atoms with Crippen LogP contribution in [0, 0.1) is 25.9 Å². The van der Waals surface area contributed by atoms with Crippen molar-refractivity contribution in [2.24, 2.45) is 5.41 Å². The van der Waals surface area contributed by atoms with Gasteiger partial charge in [0.1, 0.15) is 31.4 Å². The van der Waals surface area contributed by atoms with Gasteiger partial charge in [0.05, 0.1) is 10.6 Å². The lowest BCUT2D eigenvalue weighted by Gasteiger charge is -2.28. The van der Waals surface area contributed by atoms with Gasteiger partial charge in [0.2, 0.25) is 5.71 Å². The van der Waals surface area contributed by atoms with E-state index in [9.17, 15) is 20.5 Å². The summed E-state index contributed by atoms with van der Waals surface area (Å²) in [6.45, 7) is 6.13. The quantitative estimate of drug-likeness (QED) is 0.304. The molecule has 1 aromatic rings. The molecule has 2 aliphatic rings. The lowest BCUT2D eigenvalue weighted by Crippen LogP contribution is -2.41. The molecule has 1 fully saturated rings. The number of allylic oxidation sites excluding steroid dienone is 1. The molecule has 12 nitrogen and oxygen atoms in total. The van der Waals surface area contributed by atoms with Gasteiger partial charge in [0, 0.05) is 0 Å². The third-order valence-electron chi connectivity index (χ3n) is 4.24. The molecule has 0 amide bonds. The lowest BCUT2D eigenvalue weighted by atomic mass is 9.75. The number of hydrogen-bond donors (Lipinski definition) is 0. The van der Waals surface area contributed by atoms with Gasteiger partial charge in [-0.1, -0.05) is 9.78 Å². The zero-order valence-electron chi connectivity index (χ0n) is 13.7. The number of fused-ring (bicyclic) bond motifs is 1. The van der Waals surface area contributed by atoms with E-state index >= 15 is 0 Å². The Labute approximate surface area is 142 Å². The van der Waals surface area contributed by atoms with E-state index in [0.717, 1.165) is 10.8 Å². The molecule has 0 radical (unpaired) electrons. The molecule has 1 aromatic heterocycles. The predicted molar refractivity (Wildman–Crippen MR) is 84.5 cm³/mol. The Morgan fingerprint density at radius 1 is 1.36 bits per heavy atom. The largest absolute Gasteiger partial charge is 0.612 e. The molecule has 0 aromatic carbocycles. The second-order valence-electron chi connectivity index (χ2n) is 6.42. The van der Waals surface area contributed by atoms with Crippen LogP contribution >= 0.6 is 0 Å². The number of ether oxygens (including phenoxy) is 1. The minimum atomic E-state index is -0.830. The van der Waals surface area contributed by atoms with E-state index < -0.39 is 27.0 Å².